The van der Waals surface area contributed by atoms with Crippen molar-refractivity contribution < 1.29 is 37.7 Å². The van der Waals surface area contributed by atoms with Crippen molar-refractivity contribution >= 4 is 24.4 Å². The number of rotatable bonds is 9. The molecule has 0 amide bonds. The molecule has 0 aliphatic carbocycles. The maximum absolute atomic E-state index is 11.6. The number of carbonyl (C=O) groups is 2. The normalized spacial score (nSPS) is 22.4. The number of nitrogens with zero attached hydrogens (tertiary/aromatic N) is 2. The minimum absolute atomic E-state index is 0.110. The zero-order chi connectivity index (χ0) is 26.9. The van der Waals surface area contributed by atoms with E-state index in [0.717, 1.165) is 49.8 Å². The van der Waals surface area contributed by atoms with Gasteiger partial charge in [-0.1, -0.05) is 22.5 Å². The average Bonchev–Trinajstić information content (AvgIpc) is 3.11. The van der Waals surface area contributed by atoms with Crippen molar-refractivity contribution in [3.05, 3.63) is 47.5 Å². The third-order valence-corrected chi connectivity index (χ3v) is 7.12. The fourth-order valence-electron chi connectivity index (χ4n) is 5.56. The largest absolute Gasteiger partial charge is 0.704 e. The molecule has 0 radical (unpaired) electrons. The Morgan fingerprint density at radius 1 is 0.868 bits per heavy atom. The summed E-state index contributed by atoms with van der Waals surface area (Å²) < 4.78 is 28.5. The van der Waals surface area contributed by atoms with Crippen LogP contribution < -0.4 is 24.3 Å². The van der Waals surface area contributed by atoms with Crippen molar-refractivity contribution in [3.8, 4) is 23.0 Å². The van der Waals surface area contributed by atoms with E-state index in [4.69, 9.17) is 18.9 Å². The third kappa shape index (κ3) is 4.78. The lowest BCUT2D eigenvalue weighted by Crippen LogP contribution is -2.60. The van der Waals surface area contributed by atoms with E-state index in [1.807, 2.05) is 31.3 Å². The lowest BCUT2D eigenvalue weighted by Gasteiger charge is -2.27. The summed E-state index contributed by atoms with van der Waals surface area (Å²) >= 11 is 0. The molecule has 38 heavy (non-hydrogen) atoms. The maximum Gasteiger partial charge on any atom is 0.704 e. The first kappa shape index (κ1) is 25.9. The Balaban J connectivity index is 1.63. The van der Waals surface area contributed by atoms with E-state index in [1.54, 1.807) is 12.1 Å². The Morgan fingerprint density at radius 2 is 1.37 bits per heavy atom. The van der Waals surface area contributed by atoms with Crippen LogP contribution in [0.4, 0.5) is 0 Å². The van der Waals surface area contributed by atoms with Gasteiger partial charge in [-0.25, -0.2) is 0 Å². The predicted molar refractivity (Wildman–Crippen MR) is 141 cm³/mol. The number of esters is 2. The molecular formula is C29H35N3O6+2. The number of carbonyl (C=O) groups excluding carboxylic acids is 2. The van der Waals surface area contributed by atoms with Gasteiger partial charge in [0.15, 0.2) is 23.9 Å². The molecule has 0 bridgehead atoms. The summed E-state index contributed by atoms with van der Waals surface area (Å²) in [6.07, 6.45) is 9.16. The van der Waals surface area contributed by atoms with E-state index in [9.17, 15) is 9.59 Å². The highest BCUT2D eigenvalue weighted by molar-refractivity contribution is 5.84. The Bertz CT molecular complexity index is 1320. The first-order chi connectivity index (χ1) is 18.3. The highest BCUT2D eigenvalue weighted by atomic mass is 16.7. The highest BCUT2D eigenvalue weighted by Crippen LogP contribution is 2.43. The zero-order valence-electron chi connectivity index (χ0n) is 22.4. The number of fused-ring (bicyclic) bond motifs is 2. The topological polar surface area (TPSA) is 89.1 Å². The molecule has 3 aliphatic rings. The van der Waals surface area contributed by atoms with Crippen LogP contribution in [0.5, 0.6) is 23.0 Å². The molecule has 3 atom stereocenters. The molecule has 3 heterocycles. The lowest BCUT2D eigenvalue weighted by atomic mass is 9.98. The van der Waals surface area contributed by atoms with Gasteiger partial charge in [-0.3, -0.25) is 9.59 Å². The molecule has 2 aromatic rings. The fraction of sp³-hybridized carbons (Fsp3) is 0.448. The van der Waals surface area contributed by atoms with Crippen molar-refractivity contribution in [3.63, 3.8) is 0 Å². The molecule has 5 rings (SSSR count). The van der Waals surface area contributed by atoms with Crippen LogP contribution in [0.15, 0.2) is 36.4 Å². The van der Waals surface area contributed by atoms with Crippen LogP contribution in [0.3, 0.4) is 0 Å². The van der Waals surface area contributed by atoms with Gasteiger partial charge < -0.3 is 24.3 Å². The quantitative estimate of drug-likeness (QED) is 0.234. The first-order valence-electron chi connectivity index (χ1n) is 13.3. The minimum Gasteiger partial charge on any atom is -0.427 e. The lowest BCUT2D eigenvalue weighted by molar-refractivity contribution is -0.866. The van der Waals surface area contributed by atoms with Crippen LogP contribution in [0.2, 0.25) is 0 Å². The molecule has 1 N–H and O–H groups in total. The second kappa shape index (κ2) is 10.6. The summed E-state index contributed by atoms with van der Waals surface area (Å²) in [5, 5.41) is 3.26. The average molecular weight is 522 g/mol. The van der Waals surface area contributed by atoms with Crippen LogP contribution in [0.1, 0.15) is 64.0 Å². The van der Waals surface area contributed by atoms with Gasteiger partial charge in [0, 0.05) is 26.7 Å². The van der Waals surface area contributed by atoms with Gasteiger partial charge in [-0.2, -0.15) is 0 Å². The van der Waals surface area contributed by atoms with Crippen molar-refractivity contribution in [2.45, 2.75) is 71.0 Å². The van der Waals surface area contributed by atoms with Crippen LogP contribution in [0.25, 0.3) is 0 Å². The summed E-state index contributed by atoms with van der Waals surface area (Å²) in [6.45, 7) is 5.88. The van der Waals surface area contributed by atoms with Gasteiger partial charge in [0.1, 0.15) is 11.5 Å². The highest BCUT2D eigenvalue weighted by Gasteiger charge is 2.75. The van der Waals surface area contributed by atoms with E-state index in [1.165, 1.54) is 13.8 Å². The molecule has 0 saturated carbocycles. The van der Waals surface area contributed by atoms with Gasteiger partial charge in [-0.05, 0) is 62.8 Å². The monoisotopic (exact) mass is 521 g/mol. The maximum atomic E-state index is 11.6. The Labute approximate surface area is 222 Å². The van der Waals surface area contributed by atoms with Gasteiger partial charge in [0.05, 0.1) is 11.1 Å². The molecule has 3 unspecified atom stereocenters. The van der Waals surface area contributed by atoms with Crippen LogP contribution in [-0.4, -0.2) is 65.2 Å². The molecule has 1 spiro atoms. The van der Waals surface area contributed by atoms with E-state index in [2.05, 4.69) is 33.8 Å². The summed E-state index contributed by atoms with van der Waals surface area (Å²) in [7, 11) is 1.96. The Kier molecular flexibility index (Phi) is 7.21. The molecule has 9 heteroatoms. The Hall–Kier alpha value is -3.72. The molecular weight excluding hydrogens is 486 g/mol. The predicted octanol–water partition coefficient (Wildman–Crippen LogP) is 3.44. The second-order valence-electron chi connectivity index (χ2n) is 9.93. The van der Waals surface area contributed by atoms with Gasteiger partial charge >= 0.3 is 18.0 Å². The standard InChI is InChI=1S/C29H35N3O6/c1-5-6-8-25-26(9-7-14-30-4)32-18-22-16-24(36-20(3)34)11-13-28(22)38-29(32)31(25)17-21-15-23(35-19(2)33)10-12-27(21)37-29/h10-13,15-18,25-26,30H,5-9,14H2,1-4H3/q+2. The molecule has 0 aromatic heterocycles. The van der Waals surface area contributed by atoms with Gasteiger partial charge in [0.25, 0.3) is 0 Å². The zero-order valence-corrected chi connectivity index (χ0v) is 22.4. The summed E-state index contributed by atoms with van der Waals surface area (Å²) in [4.78, 5) is 23.1. The molecule has 3 aliphatic heterocycles. The minimum atomic E-state index is -1.20. The summed E-state index contributed by atoms with van der Waals surface area (Å²) in [6, 6.07) is 9.76. The molecule has 1 saturated heterocycles. The Morgan fingerprint density at radius 3 is 1.82 bits per heavy atom. The molecule has 1 fully saturated rings. The van der Waals surface area contributed by atoms with Crippen LogP contribution in [-0.2, 0) is 9.59 Å². The van der Waals surface area contributed by atoms with E-state index >= 15 is 0 Å². The molecule has 9 nitrogen and oxygen atoms in total. The number of benzene rings is 2. The van der Waals surface area contributed by atoms with E-state index < -0.39 is 6.03 Å². The van der Waals surface area contributed by atoms with Crippen molar-refractivity contribution in [1.82, 2.24) is 5.32 Å². The molecule has 2 aromatic carbocycles. The van der Waals surface area contributed by atoms with E-state index in [0.29, 0.717) is 23.0 Å². The van der Waals surface area contributed by atoms with Gasteiger partial charge in [0.2, 0.25) is 12.1 Å². The first-order valence-corrected chi connectivity index (χ1v) is 13.3. The van der Waals surface area contributed by atoms with Crippen molar-refractivity contribution in [2.24, 2.45) is 0 Å². The number of hydrogen-bond acceptors (Lipinski definition) is 7. The number of nitrogens with one attached hydrogen (secondary N) is 1. The van der Waals surface area contributed by atoms with Crippen LogP contribution in [0, 0.1) is 0 Å². The number of unbranched alkanes of at least 4 members (excludes halogenated alkanes) is 1. The fourth-order valence-corrected chi connectivity index (χ4v) is 5.56. The van der Waals surface area contributed by atoms with Crippen LogP contribution >= 0.6 is 0 Å². The smallest absolute Gasteiger partial charge is 0.427 e. The number of hydrogen-bond donors (Lipinski definition) is 1. The number of ether oxygens (including phenoxy) is 4. The third-order valence-electron chi connectivity index (χ3n) is 7.12. The summed E-state index contributed by atoms with van der Waals surface area (Å²) in [5.41, 5.74) is 1.65. The SMILES string of the molecule is CCCCC1C(CCCNC)[N+]2=Cc3cc(OC(C)=O)ccc3OC23Oc2ccc(OC(C)=O)cc2C=[N+]13. The van der Waals surface area contributed by atoms with Crippen molar-refractivity contribution in [2.75, 3.05) is 13.6 Å². The van der Waals surface area contributed by atoms with Gasteiger partial charge in [-0.15, -0.1) is 0 Å². The van der Waals surface area contributed by atoms with Crippen molar-refractivity contribution in [1.29, 1.82) is 0 Å². The summed E-state index contributed by atoms with van der Waals surface area (Å²) in [5.74, 6) is 1.48. The second-order valence-corrected chi connectivity index (χ2v) is 9.93. The van der Waals surface area contributed by atoms with E-state index in [-0.39, 0.29) is 24.0 Å². The molecule has 200 valence electrons.